The predicted octanol–water partition coefficient (Wildman–Crippen LogP) is 2.67. The van der Waals surface area contributed by atoms with Crippen molar-refractivity contribution >= 4 is 17.8 Å². The Morgan fingerprint density at radius 3 is 2.30 bits per heavy atom. The Morgan fingerprint density at radius 2 is 1.85 bits per heavy atom. The van der Waals surface area contributed by atoms with E-state index in [4.69, 9.17) is 4.74 Å². The molecule has 0 aromatic carbocycles. The van der Waals surface area contributed by atoms with E-state index in [0.717, 1.165) is 11.9 Å². The van der Waals surface area contributed by atoms with E-state index < -0.39 is 47.9 Å². The Kier molecular flexibility index (Phi) is 7.06. The molecule has 1 heterocycles. The molecule has 0 bridgehead atoms. The standard InChI is InChI=1S/C16H26F4N4O3/c1-7-21-13(16(18,19)20)23(6)22-12(25)11-8-10(17)9(2)24(11)14(26)27-15(3,4)5/h9-11H,7-8H2,1-6H3,(H,22,25)/t9-,10+,11-/m0/s1. The van der Waals surface area contributed by atoms with Gasteiger partial charge in [-0.1, -0.05) is 0 Å². The number of alkyl halides is 4. The zero-order valence-electron chi connectivity index (χ0n) is 16.2. The van der Waals surface area contributed by atoms with Crippen LogP contribution in [0.1, 0.15) is 41.0 Å². The zero-order chi connectivity index (χ0) is 21.2. The van der Waals surface area contributed by atoms with Gasteiger partial charge in [0, 0.05) is 20.0 Å². The number of nitrogens with one attached hydrogen (secondary N) is 1. The minimum atomic E-state index is -4.78. The maximum Gasteiger partial charge on any atom is 0.450 e. The summed E-state index contributed by atoms with van der Waals surface area (Å²) in [5.74, 6) is -2.26. The Labute approximate surface area is 155 Å². The minimum Gasteiger partial charge on any atom is -0.444 e. The molecule has 0 saturated carbocycles. The van der Waals surface area contributed by atoms with Crippen molar-refractivity contribution in [1.29, 1.82) is 0 Å². The van der Waals surface area contributed by atoms with E-state index in [2.05, 4.69) is 4.99 Å². The number of hydrazine groups is 1. The lowest BCUT2D eigenvalue weighted by Crippen LogP contribution is -2.56. The molecule has 3 atom stereocenters. The molecular weight excluding hydrogens is 372 g/mol. The quantitative estimate of drug-likeness (QED) is 0.336. The number of amides is 2. The first-order chi connectivity index (χ1) is 12.2. The van der Waals surface area contributed by atoms with Crippen LogP contribution in [0.4, 0.5) is 22.4 Å². The lowest BCUT2D eigenvalue weighted by Gasteiger charge is -2.32. The highest BCUT2D eigenvalue weighted by atomic mass is 19.4. The van der Waals surface area contributed by atoms with Crippen LogP contribution in [0.15, 0.2) is 4.99 Å². The summed E-state index contributed by atoms with van der Waals surface area (Å²) >= 11 is 0. The molecule has 1 N–H and O–H groups in total. The number of aliphatic imine (C=N–C) groups is 1. The van der Waals surface area contributed by atoms with Crippen molar-refractivity contribution < 1.29 is 31.9 Å². The SMILES string of the molecule is CCN=C(N(C)NC(=O)[C@@H]1C[C@@H](F)[C@H](C)N1C(=O)OC(C)(C)C)C(F)(F)F. The van der Waals surface area contributed by atoms with E-state index in [9.17, 15) is 27.2 Å². The summed E-state index contributed by atoms with van der Waals surface area (Å²) in [4.78, 5) is 29.1. The van der Waals surface area contributed by atoms with Gasteiger partial charge in [-0.15, -0.1) is 0 Å². The monoisotopic (exact) mass is 398 g/mol. The number of amidine groups is 1. The van der Waals surface area contributed by atoms with Crippen LogP contribution in [-0.2, 0) is 9.53 Å². The number of carbonyl (C=O) groups is 2. The highest BCUT2D eigenvalue weighted by molar-refractivity contribution is 5.92. The summed E-state index contributed by atoms with van der Waals surface area (Å²) in [6, 6.07) is -2.25. The van der Waals surface area contributed by atoms with Gasteiger partial charge < -0.3 is 4.74 Å². The molecule has 1 fully saturated rings. The van der Waals surface area contributed by atoms with Crippen molar-refractivity contribution in [2.24, 2.45) is 4.99 Å². The van der Waals surface area contributed by atoms with E-state index in [1.807, 2.05) is 5.43 Å². The molecule has 27 heavy (non-hydrogen) atoms. The van der Waals surface area contributed by atoms with Gasteiger partial charge in [-0.05, 0) is 34.6 Å². The van der Waals surface area contributed by atoms with E-state index in [1.165, 1.54) is 13.8 Å². The maximum atomic E-state index is 14.1. The van der Waals surface area contributed by atoms with Crippen LogP contribution in [0.5, 0.6) is 0 Å². The van der Waals surface area contributed by atoms with E-state index in [1.54, 1.807) is 20.8 Å². The summed E-state index contributed by atoms with van der Waals surface area (Å²) in [7, 11) is 0.975. The van der Waals surface area contributed by atoms with Gasteiger partial charge in [0.05, 0.1) is 6.04 Å². The molecule has 1 aliphatic rings. The lowest BCUT2D eigenvalue weighted by molar-refractivity contribution is -0.129. The van der Waals surface area contributed by atoms with E-state index in [-0.39, 0.29) is 13.0 Å². The van der Waals surface area contributed by atoms with Crippen LogP contribution >= 0.6 is 0 Å². The minimum absolute atomic E-state index is 0.147. The Hall–Kier alpha value is -2.07. The Bertz CT molecular complexity index is 589. The molecule has 0 unspecified atom stereocenters. The van der Waals surface area contributed by atoms with Crippen molar-refractivity contribution in [3.63, 3.8) is 0 Å². The predicted molar refractivity (Wildman–Crippen MR) is 90.8 cm³/mol. The number of ether oxygens (including phenoxy) is 1. The van der Waals surface area contributed by atoms with Gasteiger partial charge in [-0.25, -0.2) is 9.18 Å². The first-order valence-electron chi connectivity index (χ1n) is 8.50. The fourth-order valence-corrected chi connectivity index (χ4v) is 2.65. The van der Waals surface area contributed by atoms with Crippen molar-refractivity contribution in [1.82, 2.24) is 15.3 Å². The van der Waals surface area contributed by atoms with Gasteiger partial charge in [0.25, 0.3) is 5.91 Å². The van der Waals surface area contributed by atoms with Crippen molar-refractivity contribution in [3.05, 3.63) is 0 Å². The molecule has 2 amide bonds. The largest absolute Gasteiger partial charge is 0.450 e. The number of halogens is 4. The summed E-state index contributed by atoms with van der Waals surface area (Å²) < 4.78 is 58.4. The second kappa shape index (κ2) is 8.30. The number of hydrogen-bond acceptors (Lipinski definition) is 4. The first-order valence-corrected chi connectivity index (χ1v) is 8.50. The molecule has 0 aromatic heterocycles. The summed E-state index contributed by atoms with van der Waals surface area (Å²) in [5, 5.41) is 0.426. The molecule has 1 rings (SSSR count). The van der Waals surface area contributed by atoms with Crippen molar-refractivity contribution in [2.75, 3.05) is 13.6 Å². The van der Waals surface area contributed by atoms with Gasteiger partial charge in [0.2, 0.25) is 5.84 Å². The van der Waals surface area contributed by atoms with Gasteiger partial charge in [-0.3, -0.25) is 25.1 Å². The fraction of sp³-hybridized carbons (Fsp3) is 0.812. The zero-order valence-corrected chi connectivity index (χ0v) is 16.2. The molecular formula is C16H26F4N4O3. The Balaban J connectivity index is 2.99. The van der Waals surface area contributed by atoms with Crippen LogP contribution < -0.4 is 5.43 Å². The lowest BCUT2D eigenvalue weighted by atomic mass is 10.2. The smallest absolute Gasteiger partial charge is 0.444 e. The van der Waals surface area contributed by atoms with E-state index >= 15 is 0 Å². The highest BCUT2D eigenvalue weighted by Gasteiger charge is 2.48. The van der Waals surface area contributed by atoms with E-state index in [0.29, 0.717) is 5.01 Å². The second-order valence-corrected chi connectivity index (χ2v) is 7.23. The van der Waals surface area contributed by atoms with Crippen LogP contribution in [0.2, 0.25) is 0 Å². The van der Waals surface area contributed by atoms with Crippen LogP contribution in [-0.4, -0.2) is 71.4 Å². The molecule has 1 aliphatic heterocycles. The van der Waals surface area contributed by atoms with Gasteiger partial charge in [0.1, 0.15) is 17.8 Å². The highest BCUT2D eigenvalue weighted by Crippen LogP contribution is 2.29. The first kappa shape index (κ1) is 23.0. The number of likely N-dealkylation sites (tertiary alicyclic amines) is 1. The van der Waals surface area contributed by atoms with Gasteiger partial charge in [0.15, 0.2) is 0 Å². The average Bonchev–Trinajstić information content (AvgIpc) is 2.77. The van der Waals surface area contributed by atoms with Gasteiger partial charge in [-0.2, -0.15) is 13.2 Å². The summed E-state index contributed by atoms with van der Waals surface area (Å²) in [6.45, 7) is 7.50. The van der Waals surface area contributed by atoms with Crippen molar-refractivity contribution in [3.8, 4) is 0 Å². The third-order valence-corrected chi connectivity index (χ3v) is 3.81. The maximum absolute atomic E-state index is 14.1. The third-order valence-electron chi connectivity index (χ3n) is 3.81. The molecule has 11 heteroatoms. The molecule has 0 aromatic rings. The van der Waals surface area contributed by atoms with Crippen LogP contribution in [0.3, 0.4) is 0 Å². The molecule has 156 valence electrons. The number of nitrogens with zero attached hydrogens (tertiary/aromatic N) is 3. The second-order valence-electron chi connectivity index (χ2n) is 7.23. The van der Waals surface area contributed by atoms with Gasteiger partial charge >= 0.3 is 12.3 Å². The van der Waals surface area contributed by atoms with Crippen LogP contribution in [0.25, 0.3) is 0 Å². The molecule has 0 aliphatic carbocycles. The average molecular weight is 398 g/mol. The number of hydrogen-bond donors (Lipinski definition) is 1. The normalized spacial score (nSPS) is 24.0. The van der Waals surface area contributed by atoms with Crippen molar-refractivity contribution in [2.45, 2.75) is 71.1 Å². The molecule has 1 saturated heterocycles. The molecule has 0 radical (unpaired) electrons. The molecule has 0 spiro atoms. The topological polar surface area (TPSA) is 74.2 Å². The summed E-state index contributed by atoms with van der Waals surface area (Å²) in [6.07, 6.45) is -7.54. The fourth-order valence-electron chi connectivity index (χ4n) is 2.65. The Morgan fingerprint density at radius 1 is 1.30 bits per heavy atom. The van der Waals surface area contributed by atoms with Crippen LogP contribution in [0, 0.1) is 0 Å². The summed E-state index contributed by atoms with van der Waals surface area (Å²) in [5.41, 5.74) is 1.15. The number of carbonyl (C=O) groups excluding carboxylic acids is 2. The third kappa shape index (κ3) is 5.96. The number of rotatable bonds is 2. The molecule has 7 nitrogen and oxygen atoms in total.